The van der Waals surface area contributed by atoms with Crippen LogP contribution in [0.4, 0.5) is 5.69 Å². The molecule has 3 heteroatoms. The second kappa shape index (κ2) is 4.66. The first-order valence-corrected chi connectivity index (χ1v) is 5.59. The first-order valence-electron chi connectivity index (χ1n) is 5.59. The number of methoxy groups -OCH3 is 1. The summed E-state index contributed by atoms with van der Waals surface area (Å²) < 4.78 is 5.22. The van der Waals surface area contributed by atoms with Crippen molar-refractivity contribution in [2.45, 2.75) is 31.9 Å². The summed E-state index contributed by atoms with van der Waals surface area (Å²) in [5.74, 6) is 0.106. The predicted octanol–water partition coefficient (Wildman–Crippen LogP) is 2.48. The number of carbonyl (C=O) groups is 1. The molecule has 1 aromatic rings. The second-order valence-corrected chi connectivity index (χ2v) is 4.30. The van der Waals surface area contributed by atoms with Crippen LogP contribution >= 0.6 is 0 Å². The Morgan fingerprint density at radius 3 is 2.44 bits per heavy atom. The van der Waals surface area contributed by atoms with Gasteiger partial charge in [0.2, 0.25) is 0 Å². The van der Waals surface area contributed by atoms with Gasteiger partial charge in [0.1, 0.15) is 0 Å². The van der Waals surface area contributed by atoms with Crippen molar-refractivity contribution >= 4 is 11.5 Å². The van der Waals surface area contributed by atoms with Crippen LogP contribution in [0.3, 0.4) is 0 Å². The molecule has 3 nitrogen and oxygen atoms in total. The SMILES string of the molecule is COC1CC(Nc2ccc(C(C)=O)cc2)C1. The summed E-state index contributed by atoms with van der Waals surface area (Å²) in [6.07, 6.45) is 2.53. The number of anilines is 1. The van der Waals surface area contributed by atoms with E-state index in [9.17, 15) is 4.79 Å². The van der Waals surface area contributed by atoms with E-state index in [1.807, 2.05) is 24.3 Å². The van der Waals surface area contributed by atoms with Crippen molar-refractivity contribution in [3.63, 3.8) is 0 Å². The third-order valence-electron chi connectivity index (χ3n) is 3.09. The number of hydrogen-bond acceptors (Lipinski definition) is 3. The Bertz CT molecular complexity index is 366. The molecule has 1 aromatic carbocycles. The maximum atomic E-state index is 11.1. The smallest absolute Gasteiger partial charge is 0.159 e. The van der Waals surface area contributed by atoms with Gasteiger partial charge in [0, 0.05) is 24.4 Å². The van der Waals surface area contributed by atoms with Gasteiger partial charge in [-0.2, -0.15) is 0 Å². The molecule has 0 aromatic heterocycles. The lowest BCUT2D eigenvalue weighted by Crippen LogP contribution is -2.40. The van der Waals surface area contributed by atoms with Crippen LogP contribution in [-0.2, 0) is 4.74 Å². The van der Waals surface area contributed by atoms with Crippen LogP contribution < -0.4 is 5.32 Å². The molecule has 1 saturated carbocycles. The summed E-state index contributed by atoms with van der Waals surface area (Å²) in [5, 5.41) is 3.42. The number of ether oxygens (including phenoxy) is 1. The van der Waals surface area contributed by atoms with E-state index in [1.165, 1.54) is 0 Å². The molecule has 1 N–H and O–H groups in total. The fourth-order valence-electron chi connectivity index (χ4n) is 1.91. The van der Waals surface area contributed by atoms with Crippen LogP contribution in [0.1, 0.15) is 30.1 Å². The highest BCUT2D eigenvalue weighted by molar-refractivity contribution is 5.94. The lowest BCUT2D eigenvalue weighted by molar-refractivity contribution is 0.0329. The quantitative estimate of drug-likeness (QED) is 0.791. The van der Waals surface area contributed by atoms with Crippen LogP contribution in [0.25, 0.3) is 0 Å². The lowest BCUT2D eigenvalue weighted by atomic mass is 9.89. The molecule has 16 heavy (non-hydrogen) atoms. The average Bonchev–Trinajstić information content (AvgIpc) is 2.23. The molecule has 0 atom stereocenters. The summed E-state index contributed by atoms with van der Waals surface area (Å²) in [6.45, 7) is 1.58. The topological polar surface area (TPSA) is 38.3 Å². The number of rotatable bonds is 4. The van der Waals surface area contributed by atoms with Gasteiger partial charge in [-0.25, -0.2) is 0 Å². The maximum absolute atomic E-state index is 11.1. The number of hydrogen-bond donors (Lipinski definition) is 1. The monoisotopic (exact) mass is 219 g/mol. The van der Waals surface area contributed by atoms with Crippen LogP contribution in [0, 0.1) is 0 Å². The van der Waals surface area contributed by atoms with Gasteiger partial charge >= 0.3 is 0 Å². The minimum absolute atomic E-state index is 0.106. The Morgan fingerprint density at radius 2 is 1.94 bits per heavy atom. The highest BCUT2D eigenvalue weighted by Gasteiger charge is 2.28. The van der Waals surface area contributed by atoms with Crippen molar-refractivity contribution in [3.05, 3.63) is 29.8 Å². The second-order valence-electron chi connectivity index (χ2n) is 4.30. The molecule has 0 bridgehead atoms. The van der Waals surface area contributed by atoms with Crippen LogP contribution in [-0.4, -0.2) is 25.0 Å². The number of benzene rings is 1. The Kier molecular flexibility index (Phi) is 3.25. The molecule has 2 rings (SSSR count). The fourth-order valence-corrected chi connectivity index (χ4v) is 1.91. The lowest BCUT2D eigenvalue weighted by Gasteiger charge is -2.35. The third-order valence-corrected chi connectivity index (χ3v) is 3.09. The van der Waals surface area contributed by atoms with Gasteiger partial charge in [0.05, 0.1) is 6.10 Å². The Hall–Kier alpha value is -1.35. The zero-order valence-electron chi connectivity index (χ0n) is 9.69. The van der Waals surface area contributed by atoms with E-state index in [0.717, 1.165) is 24.1 Å². The Balaban J connectivity index is 1.89. The van der Waals surface area contributed by atoms with E-state index in [1.54, 1.807) is 14.0 Å². The maximum Gasteiger partial charge on any atom is 0.159 e. The highest BCUT2D eigenvalue weighted by Crippen LogP contribution is 2.26. The molecule has 0 spiro atoms. The third kappa shape index (κ3) is 2.42. The van der Waals surface area contributed by atoms with Gasteiger partial charge in [-0.3, -0.25) is 4.79 Å². The number of ketones is 1. The van der Waals surface area contributed by atoms with E-state index in [2.05, 4.69) is 5.32 Å². The molecule has 0 unspecified atom stereocenters. The van der Waals surface area contributed by atoms with Crippen molar-refractivity contribution in [1.82, 2.24) is 0 Å². The summed E-state index contributed by atoms with van der Waals surface area (Å²) >= 11 is 0. The largest absolute Gasteiger partial charge is 0.382 e. The van der Waals surface area contributed by atoms with Gasteiger partial charge in [-0.1, -0.05) is 0 Å². The molecule has 86 valence electrons. The normalized spacial score (nSPS) is 23.6. The average molecular weight is 219 g/mol. The molecule has 0 amide bonds. The Morgan fingerprint density at radius 1 is 1.31 bits per heavy atom. The number of Topliss-reactive ketones (excluding diaryl/α,β-unsaturated/α-hetero) is 1. The minimum Gasteiger partial charge on any atom is -0.382 e. The molecule has 1 aliphatic carbocycles. The zero-order valence-corrected chi connectivity index (χ0v) is 9.69. The van der Waals surface area contributed by atoms with E-state index in [4.69, 9.17) is 4.74 Å². The summed E-state index contributed by atoms with van der Waals surface area (Å²) in [5.41, 5.74) is 1.83. The zero-order chi connectivity index (χ0) is 11.5. The van der Waals surface area contributed by atoms with Gasteiger partial charge in [0.15, 0.2) is 5.78 Å². The summed E-state index contributed by atoms with van der Waals surface area (Å²) in [4.78, 5) is 11.1. The Labute approximate surface area is 95.8 Å². The molecular weight excluding hydrogens is 202 g/mol. The predicted molar refractivity (Wildman–Crippen MR) is 63.9 cm³/mol. The first-order chi connectivity index (χ1) is 7.69. The van der Waals surface area contributed by atoms with Crippen molar-refractivity contribution in [3.8, 4) is 0 Å². The standard InChI is InChI=1S/C13H17NO2/c1-9(15)10-3-5-11(6-4-10)14-12-7-13(8-12)16-2/h3-6,12-14H,7-8H2,1-2H3. The minimum atomic E-state index is 0.106. The number of carbonyl (C=O) groups excluding carboxylic acids is 1. The van der Waals surface area contributed by atoms with Crippen molar-refractivity contribution < 1.29 is 9.53 Å². The molecule has 0 radical (unpaired) electrons. The highest BCUT2D eigenvalue weighted by atomic mass is 16.5. The van der Waals surface area contributed by atoms with E-state index >= 15 is 0 Å². The van der Waals surface area contributed by atoms with E-state index < -0.39 is 0 Å². The molecule has 0 aliphatic heterocycles. The van der Waals surface area contributed by atoms with Crippen LogP contribution in [0.5, 0.6) is 0 Å². The van der Waals surface area contributed by atoms with E-state index in [0.29, 0.717) is 12.1 Å². The molecule has 1 aliphatic rings. The van der Waals surface area contributed by atoms with Crippen LogP contribution in [0.2, 0.25) is 0 Å². The number of nitrogens with one attached hydrogen (secondary N) is 1. The summed E-state index contributed by atoms with van der Waals surface area (Å²) in [7, 11) is 1.75. The molecule has 0 heterocycles. The first kappa shape index (κ1) is 11.1. The van der Waals surface area contributed by atoms with Gasteiger partial charge in [-0.05, 0) is 44.0 Å². The molecular formula is C13H17NO2. The van der Waals surface area contributed by atoms with Gasteiger partial charge in [-0.15, -0.1) is 0 Å². The van der Waals surface area contributed by atoms with Crippen molar-refractivity contribution in [2.75, 3.05) is 12.4 Å². The van der Waals surface area contributed by atoms with E-state index in [-0.39, 0.29) is 5.78 Å². The van der Waals surface area contributed by atoms with Crippen LogP contribution in [0.15, 0.2) is 24.3 Å². The molecule has 1 fully saturated rings. The fraction of sp³-hybridized carbons (Fsp3) is 0.462. The van der Waals surface area contributed by atoms with Gasteiger partial charge in [0.25, 0.3) is 0 Å². The summed E-state index contributed by atoms with van der Waals surface area (Å²) in [6, 6.07) is 8.13. The van der Waals surface area contributed by atoms with Crippen molar-refractivity contribution in [2.24, 2.45) is 0 Å². The molecule has 0 saturated heterocycles. The van der Waals surface area contributed by atoms with Gasteiger partial charge < -0.3 is 10.1 Å². The van der Waals surface area contributed by atoms with Crippen molar-refractivity contribution in [1.29, 1.82) is 0 Å².